The average molecular weight is 348 g/mol. The number of rotatable bonds is 2. The SMILES string of the molecule is Cc1cc(C)c2c(N)c(C(=O)Nc3cnc4ccccc4c3)sc2n1. The molecule has 0 spiro atoms. The Morgan fingerprint density at radius 3 is 2.84 bits per heavy atom. The van der Waals surface area contributed by atoms with Gasteiger partial charge in [0, 0.05) is 16.5 Å². The number of anilines is 2. The Balaban J connectivity index is 1.71. The number of aromatic nitrogens is 2. The molecule has 1 amide bonds. The summed E-state index contributed by atoms with van der Waals surface area (Å²) < 4.78 is 0. The van der Waals surface area contributed by atoms with Crippen LogP contribution in [0.1, 0.15) is 20.9 Å². The number of nitrogens with zero attached hydrogens (tertiary/aromatic N) is 2. The molecule has 5 nitrogen and oxygen atoms in total. The normalized spacial score (nSPS) is 11.1. The molecule has 0 bridgehead atoms. The molecule has 0 aliphatic heterocycles. The van der Waals surface area contributed by atoms with Crippen molar-refractivity contribution in [1.29, 1.82) is 0 Å². The summed E-state index contributed by atoms with van der Waals surface area (Å²) in [6, 6.07) is 11.6. The fraction of sp³-hybridized carbons (Fsp3) is 0.105. The largest absolute Gasteiger partial charge is 0.397 e. The van der Waals surface area contributed by atoms with Gasteiger partial charge in [0.2, 0.25) is 0 Å². The third kappa shape index (κ3) is 2.70. The maximum atomic E-state index is 12.7. The van der Waals surface area contributed by atoms with Gasteiger partial charge in [-0.3, -0.25) is 9.78 Å². The van der Waals surface area contributed by atoms with Crippen molar-refractivity contribution >= 4 is 49.7 Å². The van der Waals surface area contributed by atoms with Crippen molar-refractivity contribution in [3.63, 3.8) is 0 Å². The highest BCUT2D eigenvalue weighted by molar-refractivity contribution is 7.21. The first-order chi connectivity index (χ1) is 12.0. The number of nitrogens with two attached hydrogens (primary N) is 1. The molecule has 0 aliphatic carbocycles. The second kappa shape index (κ2) is 5.82. The van der Waals surface area contributed by atoms with Crippen LogP contribution in [-0.2, 0) is 0 Å². The van der Waals surface area contributed by atoms with Gasteiger partial charge in [-0.15, -0.1) is 11.3 Å². The average Bonchev–Trinajstić information content (AvgIpc) is 2.91. The Labute approximate surface area is 148 Å². The molecule has 0 saturated carbocycles. The molecule has 3 heterocycles. The molecule has 0 saturated heterocycles. The van der Waals surface area contributed by atoms with Crippen LogP contribution in [0.25, 0.3) is 21.1 Å². The van der Waals surface area contributed by atoms with Crippen LogP contribution in [0.15, 0.2) is 42.6 Å². The van der Waals surface area contributed by atoms with Crippen LogP contribution >= 0.6 is 11.3 Å². The zero-order valence-corrected chi connectivity index (χ0v) is 14.6. The van der Waals surface area contributed by atoms with E-state index in [1.165, 1.54) is 11.3 Å². The smallest absolute Gasteiger partial charge is 0.267 e. The Morgan fingerprint density at radius 2 is 2.00 bits per heavy atom. The minimum absolute atomic E-state index is 0.241. The van der Waals surface area contributed by atoms with Crippen LogP contribution < -0.4 is 11.1 Å². The van der Waals surface area contributed by atoms with E-state index in [9.17, 15) is 4.79 Å². The molecule has 1 aromatic carbocycles. The Hall–Kier alpha value is -2.99. The second-order valence-corrected chi connectivity index (χ2v) is 6.98. The summed E-state index contributed by atoms with van der Waals surface area (Å²) in [6.45, 7) is 3.91. The zero-order valence-electron chi connectivity index (χ0n) is 13.8. The van der Waals surface area contributed by atoms with Gasteiger partial charge in [-0.05, 0) is 37.6 Å². The summed E-state index contributed by atoms with van der Waals surface area (Å²) in [5.74, 6) is -0.241. The Morgan fingerprint density at radius 1 is 1.20 bits per heavy atom. The van der Waals surface area contributed by atoms with Crippen molar-refractivity contribution in [3.8, 4) is 0 Å². The molecule has 4 aromatic rings. The first-order valence-corrected chi connectivity index (χ1v) is 8.67. The third-order valence-corrected chi connectivity index (χ3v) is 5.18. The molecule has 0 radical (unpaired) electrons. The van der Waals surface area contributed by atoms with E-state index in [2.05, 4.69) is 15.3 Å². The first-order valence-electron chi connectivity index (χ1n) is 7.85. The van der Waals surface area contributed by atoms with Crippen LogP contribution in [0.4, 0.5) is 11.4 Å². The van der Waals surface area contributed by atoms with E-state index in [4.69, 9.17) is 5.73 Å². The lowest BCUT2D eigenvalue weighted by atomic mass is 10.1. The van der Waals surface area contributed by atoms with Crippen molar-refractivity contribution in [3.05, 3.63) is 58.7 Å². The number of aryl methyl sites for hydroxylation is 2. The summed E-state index contributed by atoms with van der Waals surface area (Å²) in [4.78, 5) is 22.8. The molecule has 124 valence electrons. The first kappa shape index (κ1) is 15.5. The van der Waals surface area contributed by atoms with Gasteiger partial charge in [0.05, 0.1) is 23.1 Å². The monoisotopic (exact) mass is 348 g/mol. The van der Waals surface area contributed by atoms with Gasteiger partial charge in [-0.1, -0.05) is 18.2 Å². The zero-order chi connectivity index (χ0) is 17.6. The van der Waals surface area contributed by atoms with Gasteiger partial charge < -0.3 is 11.1 Å². The number of thiophene rings is 1. The predicted octanol–water partition coefficient (Wildman–Crippen LogP) is 4.30. The topological polar surface area (TPSA) is 80.9 Å². The molecule has 25 heavy (non-hydrogen) atoms. The summed E-state index contributed by atoms with van der Waals surface area (Å²) in [5.41, 5.74) is 10.2. The summed E-state index contributed by atoms with van der Waals surface area (Å²) >= 11 is 1.31. The number of carbonyl (C=O) groups is 1. The predicted molar refractivity (Wildman–Crippen MR) is 103 cm³/mol. The summed E-state index contributed by atoms with van der Waals surface area (Å²) in [6.07, 6.45) is 1.65. The van der Waals surface area contributed by atoms with Gasteiger partial charge >= 0.3 is 0 Å². The molecule has 4 rings (SSSR count). The Bertz CT molecular complexity index is 1130. The third-order valence-electron chi connectivity index (χ3n) is 4.08. The van der Waals surface area contributed by atoms with Crippen molar-refractivity contribution < 1.29 is 4.79 Å². The maximum Gasteiger partial charge on any atom is 0.267 e. The van der Waals surface area contributed by atoms with Gasteiger partial charge in [-0.2, -0.15) is 0 Å². The van der Waals surface area contributed by atoms with E-state index in [0.29, 0.717) is 16.3 Å². The lowest BCUT2D eigenvalue weighted by molar-refractivity contribution is 0.103. The van der Waals surface area contributed by atoms with E-state index in [1.807, 2.05) is 50.2 Å². The lowest BCUT2D eigenvalue weighted by Gasteiger charge is -2.05. The van der Waals surface area contributed by atoms with Gasteiger partial charge in [0.1, 0.15) is 9.71 Å². The molecule has 3 aromatic heterocycles. The number of amides is 1. The minimum Gasteiger partial charge on any atom is -0.397 e. The number of fused-ring (bicyclic) bond motifs is 2. The Kier molecular flexibility index (Phi) is 3.62. The molecule has 0 atom stereocenters. The molecule has 0 unspecified atom stereocenters. The van der Waals surface area contributed by atoms with Gasteiger partial charge in [0.15, 0.2) is 0 Å². The van der Waals surface area contributed by atoms with E-state index in [1.54, 1.807) is 6.20 Å². The van der Waals surface area contributed by atoms with Crippen molar-refractivity contribution in [2.75, 3.05) is 11.1 Å². The van der Waals surface area contributed by atoms with Crippen molar-refractivity contribution in [2.45, 2.75) is 13.8 Å². The van der Waals surface area contributed by atoms with E-state index in [-0.39, 0.29) is 5.91 Å². The number of para-hydroxylation sites is 1. The second-order valence-electron chi connectivity index (χ2n) is 5.98. The van der Waals surface area contributed by atoms with Crippen LogP contribution in [0, 0.1) is 13.8 Å². The maximum absolute atomic E-state index is 12.7. The van der Waals surface area contributed by atoms with Gasteiger partial charge in [-0.25, -0.2) is 4.98 Å². The quantitative estimate of drug-likeness (QED) is 0.566. The number of hydrogen-bond donors (Lipinski definition) is 2. The van der Waals surface area contributed by atoms with Crippen LogP contribution in [0.5, 0.6) is 0 Å². The van der Waals surface area contributed by atoms with Gasteiger partial charge in [0.25, 0.3) is 5.91 Å². The number of nitrogens with one attached hydrogen (secondary N) is 1. The number of hydrogen-bond acceptors (Lipinski definition) is 5. The van der Waals surface area contributed by atoms with Crippen LogP contribution in [0.2, 0.25) is 0 Å². The highest BCUT2D eigenvalue weighted by Gasteiger charge is 2.19. The summed E-state index contributed by atoms with van der Waals surface area (Å²) in [7, 11) is 0. The molecule has 0 fully saturated rings. The van der Waals surface area contributed by atoms with E-state index in [0.717, 1.165) is 32.4 Å². The fourth-order valence-electron chi connectivity index (χ4n) is 2.97. The highest BCUT2D eigenvalue weighted by Crippen LogP contribution is 2.35. The number of pyridine rings is 2. The summed E-state index contributed by atoms with van der Waals surface area (Å²) in [5, 5.41) is 4.72. The molecule has 0 aliphatic rings. The molecule has 3 N–H and O–H groups in total. The van der Waals surface area contributed by atoms with Crippen LogP contribution in [-0.4, -0.2) is 15.9 Å². The molecular weight excluding hydrogens is 332 g/mol. The minimum atomic E-state index is -0.241. The van der Waals surface area contributed by atoms with Crippen molar-refractivity contribution in [2.24, 2.45) is 0 Å². The molecule has 6 heteroatoms. The standard InChI is InChI=1S/C19H16N4OS/c1-10-7-11(2)22-19-15(10)16(20)17(25-19)18(24)23-13-8-12-5-3-4-6-14(12)21-9-13/h3-9H,20H2,1-2H3,(H,23,24). The highest BCUT2D eigenvalue weighted by atomic mass is 32.1. The molecular formula is C19H16N4OS. The van der Waals surface area contributed by atoms with Crippen molar-refractivity contribution in [1.82, 2.24) is 9.97 Å². The number of carbonyl (C=O) groups excluding carboxylic acids is 1. The number of nitrogen functional groups attached to an aromatic ring is 1. The van der Waals surface area contributed by atoms with E-state index >= 15 is 0 Å². The lowest BCUT2D eigenvalue weighted by Crippen LogP contribution is -2.12. The fourth-order valence-corrected chi connectivity index (χ4v) is 4.08. The number of benzene rings is 1. The van der Waals surface area contributed by atoms with Crippen LogP contribution in [0.3, 0.4) is 0 Å². The van der Waals surface area contributed by atoms with E-state index < -0.39 is 0 Å².